The summed E-state index contributed by atoms with van der Waals surface area (Å²) in [5.41, 5.74) is 2.49. The molecule has 0 spiro atoms. The highest BCUT2D eigenvalue weighted by Crippen LogP contribution is 2.30. The van der Waals surface area contributed by atoms with E-state index in [2.05, 4.69) is 17.6 Å². The lowest BCUT2D eigenvalue weighted by molar-refractivity contribution is -0.150. The Hall–Kier alpha value is -3.82. The van der Waals surface area contributed by atoms with Crippen LogP contribution in [0.4, 0.5) is 4.79 Å². The molecule has 1 heterocycles. The van der Waals surface area contributed by atoms with Crippen molar-refractivity contribution in [1.82, 2.24) is 10.6 Å². The van der Waals surface area contributed by atoms with Crippen LogP contribution in [0.3, 0.4) is 0 Å². The van der Waals surface area contributed by atoms with E-state index in [0.29, 0.717) is 18.6 Å². The van der Waals surface area contributed by atoms with Crippen molar-refractivity contribution in [1.29, 1.82) is 0 Å². The Morgan fingerprint density at radius 2 is 1.49 bits per heavy atom. The predicted octanol–water partition coefficient (Wildman–Crippen LogP) is 5.23. The van der Waals surface area contributed by atoms with Crippen molar-refractivity contribution in [3.63, 3.8) is 0 Å². The smallest absolute Gasteiger partial charge is 0.408 e. The summed E-state index contributed by atoms with van der Waals surface area (Å²) in [6.07, 6.45) is -0.407. The number of rotatable bonds is 12. The molecular formula is C32H36N2O6S. The summed E-state index contributed by atoms with van der Waals surface area (Å²) in [6, 6.07) is 27.1. The van der Waals surface area contributed by atoms with E-state index in [1.165, 1.54) is 7.11 Å². The molecule has 8 nitrogen and oxygen atoms in total. The average molecular weight is 577 g/mol. The summed E-state index contributed by atoms with van der Waals surface area (Å²) in [5, 5.41) is 6.07. The number of benzene rings is 3. The molecule has 4 rings (SSSR count). The van der Waals surface area contributed by atoms with Gasteiger partial charge in [0.25, 0.3) is 0 Å². The normalized spacial score (nSPS) is 17.8. The molecule has 0 unspecified atom stereocenters. The third-order valence-corrected chi connectivity index (χ3v) is 8.43. The molecule has 3 aromatic carbocycles. The van der Waals surface area contributed by atoms with Gasteiger partial charge in [0.15, 0.2) is 6.10 Å². The van der Waals surface area contributed by atoms with Crippen molar-refractivity contribution < 1.29 is 28.6 Å². The minimum Gasteiger partial charge on any atom is -0.468 e. The molecule has 4 atom stereocenters. The Bertz CT molecular complexity index is 1220. The number of nitrogens with one attached hydrogen (secondary N) is 2. The van der Waals surface area contributed by atoms with Gasteiger partial charge >= 0.3 is 18.0 Å². The molecule has 1 fully saturated rings. The molecular weight excluding hydrogens is 540 g/mol. The van der Waals surface area contributed by atoms with Crippen LogP contribution in [0, 0.1) is 5.92 Å². The molecule has 0 aromatic heterocycles. The number of methoxy groups -OCH3 is 1. The summed E-state index contributed by atoms with van der Waals surface area (Å²) in [7, 11) is 1.38. The highest BCUT2D eigenvalue weighted by molar-refractivity contribution is 8.00. The number of thioether (sulfide) groups is 1. The molecule has 1 saturated heterocycles. The van der Waals surface area contributed by atoms with Crippen molar-refractivity contribution in [2.45, 2.75) is 49.9 Å². The number of hydrogen-bond acceptors (Lipinski definition) is 8. The average Bonchev–Trinajstić information content (AvgIpc) is 3.52. The first-order valence-corrected chi connectivity index (χ1v) is 14.7. The minimum atomic E-state index is -0.932. The number of alkyl carbamates (subject to hydrolysis) is 1. The van der Waals surface area contributed by atoms with E-state index in [-0.39, 0.29) is 29.9 Å². The van der Waals surface area contributed by atoms with Crippen LogP contribution in [0.15, 0.2) is 91.0 Å². The monoisotopic (exact) mass is 576 g/mol. The van der Waals surface area contributed by atoms with Gasteiger partial charge in [0.05, 0.1) is 12.5 Å². The SMILES string of the molecule is COC(=O)[C@@H]1CS[C@H]([C@@H](C)CC[C@H](NC(=O)OCc2ccccc2)C(=O)OC(c2ccccc2)c2ccccc2)N1. The van der Waals surface area contributed by atoms with Crippen LogP contribution in [0.25, 0.3) is 0 Å². The van der Waals surface area contributed by atoms with Gasteiger partial charge < -0.3 is 19.5 Å². The maximum atomic E-state index is 13.6. The first-order valence-electron chi connectivity index (χ1n) is 13.7. The van der Waals surface area contributed by atoms with Gasteiger partial charge in [-0.1, -0.05) is 97.9 Å². The molecule has 0 bridgehead atoms. The predicted molar refractivity (Wildman–Crippen MR) is 158 cm³/mol. The third kappa shape index (κ3) is 8.83. The van der Waals surface area contributed by atoms with Gasteiger partial charge in [-0.05, 0) is 35.4 Å². The largest absolute Gasteiger partial charge is 0.468 e. The van der Waals surface area contributed by atoms with E-state index in [0.717, 1.165) is 16.7 Å². The van der Waals surface area contributed by atoms with E-state index in [9.17, 15) is 14.4 Å². The lowest BCUT2D eigenvalue weighted by Gasteiger charge is -2.25. The van der Waals surface area contributed by atoms with E-state index >= 15 is 0 Å². The van der Waals surface area contributed by atoms with E-state index in [4.69, 9.17) is 14.2 Å². The number of amides is 1. The lowest BCUT2D eigenvalue weighted by Crippen LogP contribution is -2.43. The Balaban J connectivity index is 1.45. The van der Waals surface area contributed by atoms with Gasteiger partial charge in [0, 0.05) is 5.75 Å². The molecule has 41 heavy (non-hydrogen) atoms. The quantitative estimate of drug-likeness (QED) is 0.223. The van der Waals surface area contributed by atoms with E-state index in [1.807, 2.05) is 91.0 Å². The van der Waals surface area contributed by atoms with Crippen LogP contribution in [0.5, 0.6) is 0 Å². The third-order valence-electron chi connectivity index (χ3n) is 6.95. The van der Waals surface area contributed by atoms with Crippen molar-refractivity contribution in [3.05, 3.63) is 108 Å². The minimum absolute atomic E-state index is 0.0159. The van der Waals surface area contributed by atoms with Crippen molar-refractivity contribution in [3.8, 4) is 0 Å². The maximum Gasteiger partial charge on any atom is 0.408 e. The Kier molecular flexibility index (Phi) is 11.2. The number of esters is 2. The molecule has 0 saturated carbocycles. The second-order valence-corrected chi connectivity index (χ2v) is 11.1. The molecule has 9 heteroatoms. The molecule has 1 amide bonds. The number of ether oxygens (including phenoxy) is 3. The topological polar surface area (TPSA) is 103 Å². The standard InChI is InChI=1S/C32H36N2O6S/c1-22(29-33-27(21-41-29)30(35)38-2)18-19-26(34-32(37)39-20-23-12-6-3-7-13-23)31(36)40-28(24-14-8-4-9-15-24)25-16-10-5-11-17-25/h3-17,22,26-29,33H,18-21H2,1-2H3,(H,34,37)/t22-,26-,27-,29+/m0/s1. The zero-order valence-corrected chi connectivity index (χ0v) is 24.0. The first-order chi connectivity index (χ1) is 19.9. The van der Waals surface area contributed by atoms with Gasteiger partial charge in [-0.2, -0.15) is 0 Å². The Labute approximate surface area is 245 Å². The van der Waals surface area contributed by atoms with Crippen molar-refractivity contribution >= 4 is 29.8 Å². The van der Waals surface area contributed by atoms with Gasteiger partial charge in [-0.15, -0.1) is 11.8 Å². The Morgan fingerprint density at radius 1 is 0.902 bits per heavy atom. The van der Waals surface area contributed by atoms with Crippen LogP contribution >= 0.6 is 11.8 Å². The van der Waals surface area contributed by atoms with Crippen LogP contribution in [0.2, 0.25) is 0 Å². The van der Waals surface area contributed by atoms with Crippen LogP contribution in [-0.2, 0) is 30.4 Å². The molecule has 216 valence electrons. The highest BCUT2D eigenvalue weighted by atomic mass is 32.2. The Morgan fingerprint density at radius 3 is 2.07 bits per heavy atom. The molecule has 3 aromatic rings. The highest BCUT2D eigenvalue weighted by Gasteiger charge is 2.34. The summed E-state index contributed by atoms with van der Waals surface area (Å²) in [5.74, 6) is -0.117. The van der Waals surface area contributed by atoms with E-state index < -0.39 is 24.2 Å². The molecule has 2 N–H and O–H groups in total. The van der Waals surface area contributed by atoms with Crippen LogP contribution in [0.1, 0.15) is 42.6 Å². The second kappa shape index (κ2) is 15.3. The first kappa shape index (κ1) is 30.1. The summed E-state index contributed by atoms with van der Waals surface area (Å²) < 4.78 is 16.4. The zero-order chi connectivity index (χ0) is 29.0. The number of carbonyl (C=O) groups is 3. The summed E-state index contributed by atoms with van der Waals surface area (Å²) in [4.78, 5) is 38.4. The van der Waals surface area contributed by atoms with Gasteiger partial charge in [-0.25, -0.2) is 9.59 Å². The molecule has 0 aliphatic carbocycles. The van der Waals surface area contributed by atoms with Crippen LogP contribution in [-0.4, -0.2) is 48.4 Å². The van der Waals surface area contributed by atoms with E-state index in [1.54, 1.807) is 11.8 Å². The maximum absolute atomic E-state index is 13.6. The molecule has 1 aliphatic rings. The zero-order valence-electron chi connectivity index (χ0n) is 23.2. The molecule has 0 radical (unpaired) electrons. The van der Waals surface area contributed by atoms with Crippen molar-refractivity contribution in [2.75, 3.05) is 12.9 Å². The lowest BCUT2D eigenvalue weighted by atomic mass is 9.99. The fourth-order valence-corrected chi connectivity index (χ4v) is 5.98. The summed E-state index contributed by atoms with van der Waals surface area (Å²) in [6.45, 7) is 2.14. The number of carbonyl (C=O) groups excluding carboxylic acids is 3. The van der Waals surface area contributed by atoms with Crippen molar-refractivity contribution in [2.24, 2.45) is 5.92 Å². The van der Waals surface area contributed by atoms with Gasteiger partial charge in [0.1, 0.15) is 18.7 Å². The fourth-order valence-electron chi connectivity index (χ4n) is 4.62. The second-order valence-electron chi connectivity index (χ2n) is 9.95. The van der Waals surface area contributed by atoms with Gasteiger partial charge in [-0.3, -0.25) is 10.1 Å². The van der Waals surface area contributed by atoms with Crippen LogP contribution < -0.4 is 10.6 Å². The fraction of sp³-hybridized carbons (Fsp3) is 0.344. The number of hydrogen-bond donors (Lipinski definition) is 2. The van der Waals surface area contributed by atoms with Gasteiger partial charge in [0.2, 0.25) is 0 Å². The molecule has 1 aliphatic heterocycles. The summed E-state index contributed by atoms with van der Waals surface area (Å²) >= 11 is 1.65.